The molecule has 10 nitrogen and oxygen atoms in total. The maximum atomic E-state index is 13.4. The van der Waals surface area contributed by atoms with Crippen LogP contribution in [0.3, 0.4) is 0 Å². The Morgan fingerprint density at radius 1 is 1.10 bits per heavy atom. The molecule has 2 aliphatic heterocycles. The third-order valence-corrected chi connectivity index (χ3v) is 7.60. The van der Waals surface area contributed by atoms with Gasteiger partial charge in [-0.25, -0.2) is 9.78 Å². The summed E-state index contributed by atoms with van der Waals surface area (Å²) in [6.45, 7) is 8.98. The normalized spacial score (nSPS) is 19.2. The van der Waals surface area contributed by atoms with E-state index in [9.17, 15) is 9.59 Å². The van der Waals surface area contributed by atoms with Gasteiger partial charge in [-0.3, -0.25) is 14.4 Å². The van der Waals surface area contributed by atoms with E-state index >= 15 is 0 Å². The molecule has 2 aliphatic rings. The quantitative estimate of drug-likeness (QED) is 0.385. The zero-order valence-electron chi connectivity index (χ0n) is 22.7. The van der Waals surface area contributed by atoms with Crippen molar-refractivity contribution in [1.82, 2.24) is 24.1 Å². The van der Waals surface area contributed by atoms with Gasteiger partial charge in [0.2, 0.25) is 0 Å². The van der Waals surface area contributed by atoms with Gasteiger partial charge in [-0.2, -0.15) is 5.10 Å². The van der Waals surface area contributed by atoms with Crippen LogP contribution in [-0.4, -0.2) is 66.8 Å². The van der Waals surface area contributed by atoms with Gasteiger partial charge in [-0.1, -0.05) is 11.6 Å². The molecule has 0 saturated carbocycles. The van der Waals surface area contributed by atoms with E-state index in [0.29, 0.717) is 40.5 Å². The summed E-state index contributed by atoms with van der Waals surface area (Å²) in [5.41, 5.74) is 3.63. The van der Waals surface area contributed by atoms with E-state index in [0.717, 1.165) is 29.6 Å². The molecule has 2 bridgehead atoms. The Bertz CT molecular complexity index is 1600. The molecule has 204 valence electrons. The van der Waals surface area contributed by atoms with Crippen LogP contribution in [0.15, 0.2) is 36.8 Å². The van der Waals surface area contributed by atoms with E-state index in [1.54, 1.807) is 21.3 Å². The number of hydrogen-bond donors (Lipinski definition) is 1. The number of pyridine rings is 1. The molecule has 2 saturated heterocycles. The Morgan fingerprint density at radius 2 is 1.82 bits per heavy atom. The third-order valence-electron chi connectivity index (χ3n) is 7.32. The van der Waals surface area contributed by atoms with Gasteiger partial charge in [0, 0.05) is 49.8 Å². The Morgan fingerprint density at radius 3 is 2.51 bits per heavy atom. The standard InChI is InChI=1S/C28H32ClN7O3/c1-16-11-35-12-17(10-22(29)25(35)30-16)31-26(37)20-8-9-23(21-15-33(5)32-24(20)21)34-13-18-6-7-19(14-34)36(18)27(38)39-28(2,3)4/h8-12,15,18-19H,6-7,13-14H2,1-5H3,(H,31,37). The Hall–Kier alpha value is -3.79. The first kappa shape index (κ1) is 25.5. The molecule has 1 N–H and O–H groups in total. The van der Waals surface area contributed by atoms with Gasteiger partial charge >= 0.3 is 6.09 Å². The lowest BCUT2D eigenvalue weighted by atomic mass is 10.1. The van der Waals surface area contributed by atoms with Crippen molar-refractivity contribution >= 4 is 51.5 Å². The first-order valence-corrected chi connectivity index (χ1v) is 13.5. The molecule has 5 heterocycles. The highest BCUT2D eigenvalue weighted by Gasteiger charge is 2.44. The molecule has 4 aromatic rings. The van der Waals surface area contributed by atoms with Crippen molar-refractivity contribution in [3.05, 3.63) is 53.1 Å². The number of imidazole rings is 1. The second-order valence-corrected chi connectivity index (χ2v) is 11.9. The predicted molar refractivity (Wildman–Crippen MR) is 151 cm³/mol. The number of aromatic nitrogens is 4. The average Bonchev–Trinajstić information content (AvgIpc) is 3.49. The number of benzene rings is 1. The molecule has 0 aliphatic carbocycles. The highest BCUT2D eigenvalue weighted by atomic mass is 35.5. The smallest absolute Gasteiger partial charge is 0.410 e. The molecular weight excluding hydrogens is 518 g/mol. The SMILES string of the molecule is Cc1cn2cc(NC(=O)c3ccc(N4CC5CCC(C4)N5C(=O)OC(C)(C)C)c4cn(C)nc34)cc(Cl)c2n1. The lowest BCUT2D eigenvalue weighted by molar-refractivity contribution is 0.0123. The number of anilines is 2. The molecule has 1 aromatic carbocycles. The van der Waals surface area contributed by atoms with Crippen molar-refractivity contribution in [2.24, 2.45) is 7.05 Å². The van der Waals surface area contributed by atoms with Crippen LogP contribution in [0.4, 0.5) is 16.2 Å². The maximum absolute atomic E-state index is 13.4. The first-order chi connectivity index (χ1) is 18.5. The third kappa shape index (κ3) is 4.67. The van der Waals surface area contributed by atoms with Crippen LogP contribution in [0.5, 0.6) is 0 Å². The number of carbonyl (C=O) groups is 2. The fraction of sp³-hybridized carbons (Fsp3) is 0.429. The van der Waals surface area contributed by atoms with Crippen LogP contribution >= 0.6 is 11.6 Å². The molecule has 6 rings (SSSR count). The number of amides is 2. The monoisotopic (exact) mass is 549 g/mol. The Labute approximate surface area is 231 Å². The zero-order chi connectivity index (χ0) is 27.6. The number of aryl methyl sites for hydroxylation is 2. The summed E-state index contributed by atoms with van der Waals surface area (Å²) in [4.78, 5) is 35.0. The topological polar surface area (TPSA) is 97.0 Å². The number of hydrogen-bond acceptors (Lipinski definition) is 6. The fourth-order valence-electron chi connectivity index (χ4n) is 5.82. The average molecular weight is 550 g/mol. The van der Waals surface area contributed by atoms with E-state index in [-0.39, 0.29) is 24.1 Å². The van der Waals surface area contributed by atoms with Crippen LogP contribution < -0.4 is 10.2 Å². The van der Waals surface area contributed by atoms with E-state index in [1.807, 2.05) is 64.2 Å². The summed E-state index contributed by atoms with van der Waals surface area (Å²) in [6.07, 6.45) is 7.25. The summed E-state index contributed by atoms with van der Waals surface area (Å²) >= 11 is 6.41. The second kappa shape index (κ2) is 9.15. The molecule has 2 unspecified atom stereocenters. The van der Waals surface area contributed by atoms with Gasteiger partial charge in [0.1, 0.15) is 11.1 Å². The number of halogens is 1. The van der Waals surface area contributed by atoms with Crippen LogP contribution in [-0.2, 0) is 11.8 Å². The maximum Gasteiger partial charge on any atom is 0.410 e. The summed E-state index contributed by atoms with van der Waals surface area (Å²) in [5.74, 6) is -0.271. The highest BCUT2D eigenvalue weighted by Crippen LogP contribution is 2.37. The van der Waals surface area contributed by atoms with Crippen LogP contribution in [0.2, 0.25) is 5.02 Å². The van der Waals surface area contributed by atoms with Crippen molar-refractivity contribution in [3.63, 3.8) is 0 Å². The van der Waals surface area contributed by atoms with Gasteiger partial charge in [-0.15, -0.1) is 0 Å². The van der Waals surface area contributed by atoms with E-state index in [2.05, 4.69) is 20.3 Å². The van der Waals surface area contributed by atoms with Crippen LogP contribution in [0.25, 0.3) is 16.6 Å². The van der Waals surface area contributed by atoms with Gasteiger partial charge in [-0.05, 0) is 58.7 Å². The van der Waals surface area contributed by atoms with Gasteiger partial charge in [0.05, 0.1) is 34.1 Å². The molecule has 2 fully saturated rings. The molecule has 3 aromatic heterocycles. The molecule has 2 atom stereocenters. The second-order valence-electron chi connectivity index (χ2n) is 11.5. The van der Waals surface area contributed by atoms with Crippen molar-refractivity contribution in [1.29, 1.82) is 0 Å². The minimum Gasteiger partial charge on any atom is -0.444 e. The fourth-order valence-corrected chi connectivity index (χ4v) is 6.08. The summed E-state index contributed by atoms with van der Waals surface area (Å²) in [5, 5.41) is 8.97. The molecular formula is C28H32ClN7O3. The number of carbonyl (C=O) groups excluding carboxylic acids is 2. The summed E-state index contributed by atoms with van der Waals surface area (Å²) in [7, 11) is 1.85. The van der Waals surface area contributed by atoms with Gasteiger partial charge in [0.15, 0.2) is 5.65 Å². The van der Waals surface area contributed by atoms with Crippen LogP contribution in [0.1, 0.15) is 49.7 Å². The number of fused-ring (bicyclic) bond motifs is 4. The number of rotatable bonds is 3. The number of nitrogens with zero attached hydrogens (tertiary/aromatic N) is 6. The predicted octanol–water partition coefficient (Wildman–Crippen LogP) is 5.02. The summed E-state index contributed by atoms with van der Waals surface area (Å²) < 4.78 is 9.23. The van der Waals surface area contributed by atoms with E-state index in [1.165, 1.54) is 0 Å². The number of piperazine rings is 1. The van der Waals surface area contributed by atoms with Crippen molar-refractivity contribution in [3.8, 4) is 0 Å². The molecule has 39 heavy (non-hydrogen) atoms. The molecule has 0 radical (unpaired) electrons. The minimum atomic E-state index is -0.527. The summed E-state index contributed by atoms with van der Waals surface area (Å²) in [6, 6.07) is 5.67. The highest BCUT2D eigenvalue weighted by molar-refractivity contribution is 6.33. The van der Waals surface area contributed by atoms with Crippen molar-refractivity contribution < 1.29 is 14.3 Å². The lowest BCUT2D eigenvalue weighted by Gasteiger charge is -2.42. The number of nitrogens with one attached hydrogen (secondary N) is 1. The van der Waals surface area contributed by atoms with Crippen LogP contribution in [0, 0.1) is 6.92 Å². The first-order valence-electron chi connectivity index (χ1n) is 13.2. The van der Waals surface area contributed by atoms with Gasteiger partial charge in [0.25, 0.3) is 5.91 Å². The van der Waals surface area contributed by atoms with Crippen molar-refractivity contribution in [2.75, 3.05) is 23.3 Å². The van der Waals surface area contributed by atoms with Crippen molar-refractivity contribution in [2.45, 2.75) is 58.2 Å². The lowest BCUT2D eigenvalue weighted by Crippen LogP contribution is -2.56. The largest absolute Gasteiger partial charge is 0.444 e. The zero-order valence-corrected chi connectivity index (χ0v) is 23.5. The molecule has 0 spiro atoms. The number of ether oxygens (including phenoxy) is 1. The van der Waals surface area contributed by atoms with Gasteiger partial charge < -0.3 is 19.4 Å². The minimum absolute atomic E-state index is 0.0831. The molecule has 11 heteroatoms. The van der Waals surface area contributed by atoms with E-state index < -0.39 is 5.60 Å². The van der Waals surface area contributed by atoms with E-state index in [4.69, 9.17) is 16.3 Å². The molecule has 2 amide bonds. The Kier molecular flexibility index (Phi) is 5.98. The Balaban J connectivity index is 1.27.